The molecule has 33 heavy (non-hydrogen) atoms. The lowest BCUT2D eigenvalue weighted by Crippen LogP contribution is -2.54. The topological polar surface area (TPSA) is 93.5 Å². The Hall–Kier alpha value is -4.46. The summed E-state index contributed by atoms with van der Waals surface area (Å²) in [6.07, 6.45) is 6.11. The fourth-order valence-electron chi connectivity index (χ4n) is 3.71. The highest BCUT2D eigenvalue weighted by Crippen LogP contribution is 2.26. The SMILES string of the molecule is C=CCOc1ccc(-n2c(C)cc(/C=C3\C(=O)NC(=O)N(c4cccnc4)C3=O)c2C)cc1. The number of carbonyl (C=O) groups excluding carboxylic acids is 3. The summed E-state index contributed by atoms with van der Waals surface area (Å²) in [5.41, 5.74) is 3.51. The number of carbonyl (C=O) groups is 3. The Morgan fingerprint density at radius 1 is 1.09 bits per heavy atom. The zero-order valence-corrected chi connectivity index (χ0v) is 18.2. The van der Waals surface area contributed by atoms with Crippen LogP contribution in [0.1, 0.15) is 17.0 Å². The molecule has 0 aliphatic carbocycles. The maximum Gasteiger partial charge on any atom is 0.336 e. The molecule has 1 aromatic carbocycles. The Morgan fingerprint density at radius 2 is 1.85 bits per heavy atom. The van der Waals surface area contributed by atoms with Crippen LogP contribution in [0.25, 0.3) is 11.8 Å². The standard InChI is InChI=1S/C25H22N4O4/c1-4-12-33-21-9-7-19(8-10-21)28-16(2)13-18(17(28)3)14-22-23(30)27-25(32)29(24(22)31)20-6-5-11-26-15-20/h4-11,13-15H,1,12H2,2-3H3,(H,27,30,32)/b22-14+. The largest absolute Gasteiger partial charge is 0.490 e. The molecule has 8 heteroatoms. The highest BCUT2D eigenvalue weighted by molar-refractivity contribution is 6.39. The van der Waals surface area contributed by atoms with Crippen LogP contribution in [0, 0.1) is 13.8 Å². The number of aryl methyl sites for hydroxylation is 1. The summed E-state index contributed by atoms with van der Waals surface area (Å²) in [5, 5.41) is 2.23. The number of rotatable bonds is 6. The van der Waals surface area contributed by atoms with E-state index in [0.29, 0.717) is 12.2 Å². The minimum atomic E-state index is -0.806. The number of hydrogen-bond acceptors (Lipinski definition) is 5. The molecule has 0 saturated carbocycles. The van der Waals surface area contributed by atoms with E-state index >= 15 is 0 Å². The molecule has 4 amide bonds. The van der Waals surface area contributed by atoms with Crippen molar-refractivity contribution in [3.05, 3.63) is 90.0 Å². The summed E-state index contributed by atoms with van der Waals surface area (Å²) in [4.78, 5) is 42.7. The summed E-state index contributed by atoms with van der Waals surface area (Å²) in [7, 11) is 0. The Kier molecular flexibility index (Phi) is 5.91. The first-order valence-electron chi connectivity index (χ1n) is 10.2. The van der Waals surface area contributed by atoms with Gasteiger partial charge in [-0.15, -0.1) is 0 Å². The summed E-state index contributed by atoms with van der Waals surface area (Å²) >= 11 is 0. The average molecular weight is 442 g/mol. The highest BCUT2D eigenvalue weighted by atomic mass is 16.5. The van der Waals surface area contributed by atoms with E-state index in [1.165, 1.54) is 18.5 Å². The van der Waals surface area contributed by atoms with Crippen molar-refractivity contribution in [2.24, 2.45) is 0 Å². The third-order valence-electron chi connectivity index (χ3n) is 5.24. The molecule has 3 aromatic rings. The number of barbiturate groups is 1. The summed E-state index contributed by atoms with van der Waals surface area (Å²) in [6, 6.07) is 11.8. The molecule has 0 radical (unpaired) electrons. The van der Waals surface area contributed by atoms with Gasteiger partial charge in [0, 0.05) is 23.3 Å². The van der Waals surface area contributed by atoms with Gasteiger partial charge in [0.2, 0.25) is 0 Å². The first-order chi connectivity index (χ1) is 15.9. The molecule has 3 heterocycles. The number of amides is 4. The smallest absolute Gasteiger partial charge is 0.336 e. The van der Waals surface area contributed by atoms with E-state index < -0.39 is 17.8 Å². The molecule has 1 aliphatic heterocycles. The van der Waals surface area contributed by atoms with Gasteiger partial charge in [-0.1, -0.05) is 12.7 Å². The van der Waals surface area contributed by atoms with Crippen LogP contribution in [0.2, 0.25) is 0 Å². The van der Waals surface area contributed by atoms with Crippen LogP contribution >= 0.6 is 0 Å². The second kappa shape index (κ2) is 8.96. The van der Waals surface area contributed by atoms with Crippen molar-refractivity contribution in [3.63, 3.8) is 0 Å². The molecular formula is C25H22N4O4. The molecule has 166 valence electrons. The van der Waals surface area contributed by atoms with Gasteiger partial charge in [0.05, 0.1) is 11.9 Å². The fourth-order valence-corrected chi connectivity index (χ4v) is 3.71. The van der Waals surface area contributed by atoms with Crippen molar-refractivity contribution < 1.29 is 19.1 Å². The second-order valence-electron chi connectivity index (χ2n) is 7.42. The third kappa shape index (κ3) is 4.18. The number of ether oxygens (including phenoxy) is 1. The molecule has 1 fully saturated rings. The van der Waals surface area contributed by atoms with Crippen molar-refractivity contribution in [1.29, 1.82) is 0 Å². The molecule has 0 unspecified atom stereocenters. The van der Waals surface area contributed by atoms with Gasteiger partial charge in [-0.25, -0.2) is 9.69 Å². The molecule has 2 aromatic heterocycles. The van der Waals surface area contributed by atoms with E-state index in [2.05, 4.69) is 16.9 Å². The molecular weight excluding hydrogens is 420 g/mol. The van der Waals surface area contributed by atoms with Crippen molar-refractivity contribution >= 4 is 29.6 Å². The minimum Gasteiger partial charge on any atom is -0.490 e. The van der Waals surface area contributed by atoms with E-state index in [0.717, 1.165) is 27.7 Å². The maximum absolute atomic E-state index is 13.1. The monoisotopic (exact) mass is 442 g/mol. The predicted octanol–water partition coefficient (Wildman–Crippen LogP) is 3.72. The summed E-state index contributed by atoms with van der Waals surface area (Å²) in [6.45, 7) is 7.90. The van der Waals surface area contributed by atoms with Crippen LogP contribution in [-0.2, 0) is 9.59 Å². The van der Waals surface area contributed by atoms with Crippen molar-refractivity contribution in [3.8, 4) is 11.4 Å². The van der Waals surface area contributed by atoms with Crippen LogP contribution in [0.4, 0.5) is 10.5 Å². The van der Waals surface area contributed by atoms with Crippen molar-refractivity contribution in [2.45, 2.75) is 13.8 Å². The first kappa shape index (κ1) is 21.8. The van der Waals surface area contributed by atoms with E-state index in [1.807, 2.05) is 48.7 Å². The highest BCUT2D eigenvalue weighted by Gasteiger charge is 2.37. The van der Waals surface area contributed by atoms with Crippen LogP contribution in [0.3, 0.4) is 0 Å². The molecule has 1 aliphatic rings. The second-order valence-corrected chi connectivity index (χ2v) is 7.42. The number of pyridine rings is 1. The summed E-state index contributed by atoms with van der Waals surface area (Å²) in [5.74, 6) is -0.711. The van der Waals surface area contributed by atoms with Gasteiger partial charge < -0.3 is 9.30 Å². The van der Waals surface area contributed by atoms with Crippen molar-refractivity contribution in [2.75, 3.05) is 11.5 Å². The van der Waals surface area contributed by atoms with E-state index in [4.69, 9.17) is 4.74 Å². The minimum absolute atomic E-state index is 0.133. The predicted molar refractivity (Wildman–Crippen MR) is 124 cm³/mol. The first-order valence-corrected chi connectivity index (χ1v) is 10.2. The quantitative estimate of drug-likeness (QED) is 0.357. The molecule has 1 N–H and O–H groups in total. The average Bonchev–Trinajstić information content (AvgIpc) is 3.09. The molecule has 1 saturated heterocycles. The van der Waals surface area contributed by atoms with E-state index in [-0.39, 0.29) is 11.3 Å². The molecule has 0 bridgehead atoms. The number of aromatic nitrogens is 2. The lowest BCUT2D eigenvalue weighted by atomic mass is 10.1. The van der Waals surface area contributed by atoms with Gasteiger partial charge in [-0.2, -0.15) is 0 Å². The van der Waals surface area contributed by atoms with Gasteiger partial charge in [-0.05, 0) is 68.0 Å². The number of urea groups is 1. The Bertz CT molecular complexity index is 1270. The van der Waals surface area contributed by atoms with Gasteiger partial charge in [0.25, 0.3) is 11.8 Å². The van der Waals surface area contributed by atoms with Gasteiger partial charge >= 0.3 is 6.03 Å². The summed E-state index contributed by atoms with van der Waals surface area (Å²) < 4.78 is 7.55. The van der Waals surface area contributed by atoms with Crippen LogP contribution in [0.5, 0.6) is 5.75 Å². The van der Waals surface area contributed by atoms with Crippen LogP contribution < -0.4 is 15.0 Å². The third-order valence-corrected chi connectivity index (χ3v) is 5.24. The van der Waals surface area contributed by atoms with Crippen molar-refractivity contribution in [1.82, 2.24) is 14.9 Å². The molecule has 4 rings (SSSR count). The number of imide groups is 2. The Labute approximate surface area is 190 Å². The molecule has 0 spiro atoms. The van der Waals surface area contributed by atoms with Gasteiger partial charge in [-0.3, -0.25) is 19.9 Å². The van der Waals surface area contributed by atoms with Crippen LogP contribution in [-0.4, -0.2) is 34.0 Å². The fraction of sp³-hybridized carbons (Fsp3) is 0.120. The number of hydrogen-bond donors (Lipinski definition) is 1. The number of nitrogens with one attached hydrogen (secondary N) is 1. The number of anilines is 1. The lowest BCUT2D eigenvalue weighted by Gasteiger charge is -2.26. The lowest BCUT2D eigenvalue weighted by molar-refractivity contribution is -0.122. The Morgan fingerprint density at radius 3 is 2.52 bits per heavy atom. The molecule has 0 atom stereocenters. The van der Waals surface area contributed by atoms with Crippen LogP contribution in [0.15, 0.2) is 73.1 Å². The van der Waals surface area contributed by atoms with Gasteiger partial charge in [0.15, 0.2) is 0 Å². The Balaban J connectivity index is 1.69. The maximum atomic E-state index is 13.1. The van der Waals surface area contributed by atoms with E-state index in [1.54, 1.807) is 18.2 Å². The zero-order chi connectivity index (χ0) is 23.5. The van der Waals surface area contributed by atoms with E-state index in [9.17, 15) is 14.4 Å². The zero-order valence-electron chi connectivity index (χ0n) is 18.2. The normalized spacial score (nSPS) is 15.0. The number of nitrogens with zero attached hydrogens (tertiary/aromatic N) is 3. The number of benzene rings is 1. The molecule has 8 nitrogen and oxygen atoms in total. The van der Waals surface area contributed by atoms with Gasteiger partial charge in [0.1, 0.15) is 17.9 Å².